The van der Waals surface area contributed by atoms with Gasteiger partial charge in [0.2, 0.25) is 11.8 Å². The van der Waals surface area contributed by atoms with Crippen molar-refractivity contribution in [2.75, 3.05) is 13.6 Å². The molecule has 84 valence electrons. The van der Waals surface area contributed by atoms with E-state index in [0.29, 0.717) is 30.9 Å². The highest BCUT2D eigenvalue weighted by atomic mass is 16.4. The molecule has 1 unspecified atom stereocenters. The van der Waals surface area contributed by atoms with Crippen molar-refractivity contribution >= 4 is 0 Å². The van der Waals surface area contributed by atoms with Crippen molar-refractivity contribution in [3.8, 4) is 0 Å². The van der Waals surface area contributed by atoms with Crippen LogP contribution in [0.3, 0.4) is 0 Å². The Bertz CT molecular complexity index is 321. The summed E-state index contributed by atoms with van der Waals surface area (Å²) in [6, 6.07) is 0.456. The van der Waals surface area contributed by atoms with Crippen LogP contribution in [0.5, 0.6) is 0 Å². The van der Waals surface area contributed by atoms with Crippen LogP contribution in [0.2, 0.25) is 0 Å². The lowest BCUT2D eigenvalue weighted by molar-refractivity contribution is 0.196. The Morgan fingerprint density at radius 3 is 2.73 bits per heavy atom. The molecule has 15 heavy (non-hydrogen) atoms. The van der Waals surface area contributed by atoms with Gasteiger partial charge in [0.25, 0.3) is 0 Å². The summed E-state index contributed by atoms with van der Waals surface area (Å²) in [5.74, 6) is 2.06. The maximum absolute atomic E-state index is 5.77. The zero-order valence-electron chi connectivity index (χ0n) is 9.31. The molecule has 0 amide bonds. The molecule has 2 N–H and O–H groups in total. The van der Waals surface area contributed by atoms with E-state index in [1.807, 2.05) is 0 Å². The third-order valence-corrected chi connectivity index (χ3v) is 2.93. The summed E-state index contributed by atoms with van der Waals surface area (Å²) in [6.07, 6.45) is 2.60. The fourth-order valence-electron chi connectivity index (χ4n) is 1.95. The average molecular weight is 210 g/mol. The summed E-state index contributed by atoms with van der Waals surface area (Å²) in [6.45, 7) is 3.20. The van der Waals surface area contributed by atoms with Crippen LogP contribution < -0.4 is 5.73 Å². The van der Waals surface area contributed by atoms with E-state index in [1.54, 1.807) is 6.92 Å². The molecular weight excluding hydrogens is 192 g/mol. The van der Waals surface area contributed by atoms with Gasteiger partial charge in [-0.25, -0.2) is 0 Å². The fourth-order valence-corrected chi connectivity index (χ4v) is 1.95. The van der Waals surface area contributed by atoms with Gasteiger partial charge >= 0.3 is 0 Å². The lowest BCUT2D eigenvalue weighted by Gasteiger charge is -2.25. The van der Waals surface area contributed by atoms with Crippen molar-refractivity contribution in [1.82, 2.24) is 15.1 Å². The van der Waals surface area contributed by atoms with Gasteiger partial charge in [0.15, 0.2) is 0 Å². The highest BCUT2D eigenvalue weighted by molar-refractivity contribution is 4.89. The summed E-state index contributed by atoms with van der Waals surface area (Å²) >= 11 is 0. The minimum absolute atomic E-state index is 0.456. The van der Waals surface area contributed by atoms with Gasteiger partial charge in [0.05, 0.1) is 6.54 Å². The topological polar surface area (TPSA) is 68.2 Å². The summed E-state index contributed by atoms with van der Waals surface area (Å²) in [5, 5.41) is 7.79. The SMILES string of the molecule is Cc1nnc(CN(C)C(CN)C2CC2)o1. The Morgan fingerprint density at radius 1 is 1.53 bits per heavy atom. The van der Waals surface area contributed by atoms with Crippen LogP contribution in [0.15, 0.2) is 4.42 Å². The second-order valence-corrected chi connectivity index (χ2v) is 4.27. The Morgan fingerprint density at radius 2 is 2.27 bits per heavy atom. The number of nitrogens with zero attached hydrogens (tertiary/aromatic N) is 3. The normalized spacial score (nSPS) is 18.4. The number of hydrogen-bond donors (Lipinski definition) is 1. The first-order valence-electron chi connectivity index (χ1n) is 5.40. The number of rotatable bonds is 5. The van der Waals surface area contributed by atoms with E-state index in [1.165, 1.54) is 12.8 Å². The van der Waals surface area contributed by atoms with Crippen molar-refractivity contribution < 1.29 is 4.42 Å². The molecule has 1 aliphatic rings. The quantitative estimate of drug-likeness (QED) is 0.768. The molecule has 0 bridgehead atoms. The van der Waals surface area contributed by atoms with Crippen molar-refractivity contribution in [3.63, 3.8) is 0 Å². The standard InChI is InChI=1S/C10H18N4O/c1-7-12-13-10(15-7)6-14(2)9(5-11)8-3-4-8/h8-9H,3-6,11H2,1-2H3. The number of nitrogens with two attached hydrogens (primary N) is 1. The third-order valence-electron chi connectivity index (χ3n) is 2.93. The first-order valence-corrected chi connectivity index (χ1v) is 5.40. The number of aryl methyl sites for hydroxylation is 1. The van der Waals surface area contributed by atoms with Crippen LogP contribution in [-0.2, 0) is 6.54 Å². The Hall–Kier alpha value is -0.940. The predicted molar refractivity (Wildman–Crippen MR) is 56.1 cm³/mol. The lowest BCUT2D eigenvalue weighted by Crippen LogP contribution is -2.39. The van der Waals surface area contributed by atoms with Crippen molar-refractivity contribution in [2.24, 2.45) is 11.7 Å². The molecule has 1 aromatic rings. The zero-order valence-corrected chi connectivity index (χ0v) is 9.31. The Kier molecular flexibility index (Phi) is 3.02. The molecule has 0 aromatic carbocycles. The van der Waals surface area contributed by atoms with Crippen molar-refractivity contribution in [2.45, 2.75) is 32.4 Å². The number of hydrogen-bond acceptors (Lipinski definition) is 5. The minimum Gasteiger partial charge on any atom is -0.424 e. The van der Waals surface area contributed by atoms with Gasteiger partial charge in [0, 0.05) is 19.5 Å². The van der Waals surface area contributed by atoms with E-state index < -0.39 is 0 Å². The first-order chi connectivity index (χ1) is 7.20. The van der Waals surface area contributed by atoms with Gasteiger partial charge < -0.3 is 10.2 Å². The number of likely N-dealkylation sites (N-methyl/N-ethyl adjacent to an activating group) is 1. The van der Waals surface area contributed by atoms with Crippen LogP contribution in [0, 0.1) is 12.8 Å². The van der Waals surface area contributed by atoms with Gasteiger partial charge in [-0.15, -0.1) is 10.2 Å². The second-order valence-electron chi connectivity index (χ2n) is 4.27. The molecule has 1 saturated carbocycles. The average Bonchev–Trinajstić information content (AvgIpc) is 2.93. The van der Waals surface area contributed by atoms with Crippen molar-refractivity contribution in [1.29, 1.82) is 0 Å². The molecule has 1 aliphatic carbocycles. The van der Waals surface area contributed by atoms with Gasteiger partial charge in [0.1, 0.15) is 0 Å². The molecular formula is C10H18N4O. The molecule has 1 fully saturated rings. The molecule has 1 atom stereocenters. The molecule has 5 heteroatoms. The zero-order chi connectivity index (χ0) is 10.8. The van der Waals surface area contributed by atoms with Crippen LogP contribution in [0.25, 0.3) is 0 Å². The van der Waals surface area contributed by atoms with E-state index in [2.05, 4.69) is 22.1 Å². The highest BCUT2D eigenvalue weighted by Gasteiger charge is 2.33. The van der Waals surface area contributed by atoms with Crippen LogP contribution in [-0.4, -0.2) is 34.7 Å². The first kappa shape index (κ1) is 10.6. The predicted octanol–water partition coefficient (Wildman–Crippen LogP) is 0.547. The maximum Gasteiger partial charge on any atom is 0.230 e. The van der Waals surface area contributed by atoms with E-state index in [9.17, 15) is 0 Å². The molecule has 0 radical (unpaired) electrons. The van der Waals surface area contributed by atoms with Crippen LogP contribution >= 0.6 is 0 Å². The summed E-state index contributed by atoms with van der Waals surface area (Å²) in [7, 11) is 2.06. The molecule has 0 spiro atoms. The third kappa shape index (κ3) is 2.54. The molecule has 2 rings (SSSR count). The van der Waals surface area contributed by atoms with Crippen LogP contribution in [0.1, 0.15) is 24.6 Å². The van der Waals surface area contributed by atoms with E-state index in [4.69, 9.17) is 10.2 Å². The molecule has 1 aromatic heterocycles. The molecule has 0 aliphatic heterocycles. The Labute approximate surface area is 89.6 Å². The second kappa shape index (κ2) is 4.28. The van der Waals surface area contributed by atoms with Gasteiger partial charge in [-0.1, -0.05) is 0 Å². The molecule has 1 heterocycles. The minimum atomic E-state index is 0.456. The van der Waals surface area contributed by atoms with E-state index >= 15 is 0 Å². The lowest BCUT2D eigenvalue weighted by atomic mass is 10.1. The van der Waals surface area contributed by atoms with E-state index in [-0.39, 0.29) is 0 Å². The molecule has 0 saturated heterocycles. The van der Waals surface area contributed by atoms with Gasteiger partial charge in [-0.05, 0) is 25.8 Å². The fraction of sp³-hybridized carbons (Fsp3) is 0.800. The molecule has 5 nitrogen and oxygen atoms in total. The number of aromatic nitrogens is 2. The van der Waals surface area contributed by atoms with Gasteiger partial charge in [-0.2, -0.15) is 0 Å². The maximum atomic E-state index is 5.77. The smallest absolute Gasteiger partial charge is 0.230 e. The summed E-state index contributed by atoms with van der Waals surface area (Å²) in [4.78, 5) is 2.21. The summed E-state index contributed by atoms with van der Waals surface area (Å²) < 4.78 is 5.34. The van der Waals surface area contributed by atoms with E-state index in [0.717, 1.165) is 5.92 Å². The Balaban J connectivity index is 1.92. The van der Waals surface area contributed by atoms with Crippen molar-refractivity contribution in [3.05, 3.63) is 11.8 Å². The van der Waals surface area contributed by atoms with Gasteiger partial charge in [-0.3, -0.25) is 4.90 Å². The largest absolute Gasteiger partial charge is 0.424 e. The monoisotopic (exact) mass is 210 g/mol. The van der Waals surface area contributed by atoms with Crippen LogP contribution in [0.4, 0.5) is 0 Å². The summed E-state index contributed by atoms with van der Waals surface area (Å²) in [5.41, 5.74) is 5.77. The highest BCUT2D eigenvalue weighted by Crippen LogP contribution is 2.34.